The minimum absolute atomic E-state index is 0.0305. The molecule has 1 amide bonds. The van der Waals surface area contributed by atoms with E-state index in [2.05, 4.69) is 21.2 Å². The Bertz CT molecular complexity index is 720. The summed E-state index contributed by atoms with van der Waals surface area (Å²) in [5.41, 5.74) is 0.550. The summed E-state index contributed by atoms with van der Waals surface area (Å²) < 4.78 is 16.0. The van der Waals surface area contributed by atoms with E-state index in [9.17, 15) is 10.1 Å². The zero-order valence-electron chi connectivity index (χ0n) is 14.0. The zero-order valence-corrected chi connectivity index (χ0v) is 15.6. The van der Waals surface area contributed by atoms with Gasteiger partial charge in [0, 0.05) is 20.3 Å². The van der Waals surface area contributed by atoms with Gasteiger partial charge in [0.15, 0.2) is 18.1 Å². The molecular formula is C17H18BrN3O4. The SMILES string of the molecule is COCCCNC(=O)/C(C#N)=C/c1cc(Br)c(OCC#N)c(OC)c1. The average Bonchev–Trinajstić information content (AvgIpc) is 2.61. The van der Waals surface area contributed by atoms with Crippen LogP contribution in [0.4, 0.5) is 0 Å². The maximum atomic E-state index is 12.0. The summed E-state index contributed by atoms with van der Waals surface area (Å²) in [5.74, 6) is 0.302. The Kier molecular flexibility index (Phi) is 9.09. The number of carbonyl (C=O) groups excluding carboxylic acids is 1. The van der Waals surface area contributed by atoms with E-state index in [0.29, 0.717) is 41.1 Å². The first kappa shape index (κ1) is 20.5. The van der Waals surface area contributed by atoms with E-state index in [0.717, 1.165) is 0 Å². The molecule has 1 aromatic carbocycles. The fraction of sp³-hybridized carbons (Fsp3) is 0.353. The van der Waals surface area contributed by atoms with Crippen LogP contribution in [0.5, 0.6) is 11.5 Å². The molecule has 0 aliphatic carbocycles. The molecule has 0 bridgehead atoms. The van der Waals surface area contributed by atoms with Crippen LogP contribution in [-0.4, -0.2) is 39.9 Å². The first-order valence-electron chi connectivity index (χ1n) is 7.33. The smallest absolute Gasteiger partial charge is 0.261 e. The number of amides is 1. The first-order valence-corrected chi connectivity index (χ1v) is 8.12. The number of nitrogens with one attached hydrogen (secondary N) is 1. The van der Waals surface area contributed by atoms with Crippen LogP contribution in [0.1, 0.15) is 12.0 Å². The van der Waals surface area contributed by atoms with Crippen LogP contribution < -0.4 is 14.8 Å². The highest BCUT2D eigenvalue weighted by Gasteiger charge is 2.13. The molecule has 132 valence electrons. The summed E-state index contributed by atoms with van der Waals surface area (Å²) in [6.45, 7) is 0.817. The number of rotatable bonds is 9. The van der Waals surface area contributed by atoms with E-state index < -0.39 is 5.91 Å². The lowest BCUT2D eigenvalue weighted by atomic mass is 10.1. The molecular weight excluding hydrogens is 390 g/mol. The van der Waals surface area contributed by atoms with E-state index >= 15 is 0 Å². The highest BCUT2D eigenvalue weighted by molar-refractivity contribution is 9.10. The maximum Gasteiger partial charge on any atom is 0.261 e. The fourth-order valence-electron chi connectivity index (χ4n) is 1.90. The van der Waals surface area contributed by atoms with Crippen molar-refractivity contribution >= 4 is 27.9 Å². The van der Waals surface area contributed by atoms with Gasteiger partial charge in [-0.15, -0.1) is 0 Å². The Hall–Kier alpha value is -2.55. The Labute approximate surface area is 154 Å². The number of nitrogens with zero attached hydrogens (tertiary/aromatic N) is 2. The molecule has 7 nitrogen and oxygen atoms in total. The number of carbonyl (C=O) groups is 1. The quantitative estimate of drug-likeness (QED) is 0.382. The Morgan fingerprint density at radius 2 is 2.12 bits per heavy atom. The second-order valence-electron chi connectivity index (χ2n) is 4.75. The second-order valence-corrected chi connectivity index (χ2v) is 5.61. The van der Waals surface area contributed by atoms with Gasteiger partial charge in [0.05, 0.1) is 11.6 Å². The normalized spacial score (nSPS) is 10.5. The van der Waals surface area contributed by atoms with Gasteiger partial charge in [0.2, 0.25) is 0 Å². The summed E-state index contributed by atoms with van der Waals surface area (Å²) in [5, 5.41) is 20.5. The third kappa shape index (κ3) is 6.46. The van der Waals surface area contributed by atoms with Gasteiger partial charge < -0.3 is 19.5 Å². The molecule has 0 fully saturated rings. The van der Waals surface area contributed by atoms with Gasteiger partial charge in [-0.25, -0.2) is 0 Å². The zero-order chi connectivity index (χ0) is 18.7. The Balaban J connectivity index is 2.99. The first-order chi connectivity index (χ1) is 12.1. The van der Waals surface area contributed by atoms with Crippen LogP contribution in [0.25, 0.3) is 6.08 Å². The third-order valence-corrected chi connectivity index (χ3v) is 3.61. The fourth-order valence-corrected chi connectivity index (χ4v) is 2.47. The van der Waals surface area contributed by atoms with Crippen molar-refractivity contribution in [2.24, 2.45) is 0 Å². The van der Waals surface area contributed by atoms with Crippen LogP contribution in [0.15, 0.2) is 22.2 Å². The molecule has 0 radical (unpaired) electrons. The maximum absolute atomic E-state index is 12.0. The number of hydrogen-bond acceptors (Lipinski definition) is 6. The van der Waals surface area contributed by atoms with Gasteiger partial charge in [0.25, 0.3) is 5.91 Å². The molecule has 0 spiro atoms. The van der Waals surface area contributed by atoms with Crippen molar-refractivity contribution in [3.05, 3.63) is 27.7 Å². The van der Waals surface area contributed by atoms with E-state index in [1.54, 1.807) is 19.2 Å². The monoisotopic (exact) mass is 407 g/mol. The van der Waals surface area contributed by atoms with Crippen molar-refractivity contribution in [2.45, 2.75) is 6.42 Å². The van der Waals surface area contributed by atoms with Crippen LogP contribution in [0.2, 0.25) is 0 Å². The van der Waals surface area contributed by atoms with Gasteiger partial charge >= 0.3 is 0 Å². The van der Waals surface area contributed by atoms with Gasteiger partial charge in [-0.3, -0.25) is 4.79 Å². The topological polar surface area (TPSA) is 104 Å². The number of ether oxygens (including phenoxy) is 3. The van der Waals surface area contributed by atoms with Crippen molar-refractivity contribution in [3.63, 3.8) is 0 Å². The van der Waals surface area contributed by atoms with Gasteiger partial charge in [-0.2, -0.15) is 10.5 Å². The van der Waals surface area contributed by atoms with Crippen LogP contribution in [0, 0.1) is 22.7 Å². The summed E-state index contributed by atoms with van der Waals surface area (Å²) in [6, 6.07) is 7.05. The van der Waals surface area contributed by atoms with Crippen molar-refractivity contribution in [2.75, 3.05) is 34.0 Å². The van der Waals surface area contributed by atoms with E-state index in [-0.39, 0.29) is 12.2 Å². The number of hydrogen-bond donors (Lipinski definition) is 1. The highest BCUT2D eigenvalue weighted by Crippen LogP contribution is 2.37. The molecule has 1 rings (SSSR count). The molecule has 1 N–H and O–H groups in total. The summed E-state index contributed by atoms with van der Waals surface area (Å²) >= 11 is 3.34. The molecule has 0 saturated carbocycles. The molecule has 0 atom stereocenters. The lowest BCUT2D eigenvalue weighted by Gasteiger charge is -2.11. The van der Waals surface area contributed by atoms with Crippen molar-refractivity contribution in [1.29, 1.82) is 10.5 Å². The van der Waals surface area contributed by atoms with Gasteiger partial charge in [-0.1, -0.05) is 0 Å². The number of nitriles is 2. The largest absolute Gasteiger partial charge is 0.493 e. The van der Waals surface area contributed by atoms with E-state index in [4.69, 9.17) is 19.5 Å². The molecule has 0 saturated heterocycles. The molecule has 0 heterocycles. The number of benzene rings is 1. The number of methoxy groups -OCH3 is 2. The van der Waals surface area contributed by atoms with Gasteiger partial charge in [0.1, 0.15) is 17.7 Å². The standard InChI is InChI=1S/C17H18BrN3O4/c1-23-6-3-5-21-17(22)13(11-20)8-12-9-14(18)16(25-7-4-19)15(10-12)24-2/h8-10H,3,5-7H2,1-2H3,(H,21,22)/b13-8+. The molecule has 8 heteroatoms. The van der Waals surface area contributed by atoms with Crippen LogP contribution >= 0.6 is 15.9 Å². The Morgan fingerprint density at radius 3 is 2.72 bits per heavy atom. The molecule has 25 heavy (non-hydrogen) atoms. The summed E-state index contributed by atoms with van der Waals surface area (Å²) in [7, 11) is 3.04. The highest BCUT2D eigenvalue weighted by atomic mass is 79.9. The molecule has 0 aliphatic heterocycles. The molecule has 0 unspecified atom stereocenters. The Morgan fingerprint density at radius 1 is 1.36 bits per heavy atom. The van der Waals surface area contributed by atoms with E-state index in [1.165, 1.54) is 13.2 Å². The van der Waals surface area contributed by atoms with Crippen LogP contribution in [-0.2, 0) is 9.53 Å². The predicted octanol–water partition coefficient (Wildman–Crippen LogP) is 2.42. The lowest BCUT2D eigenvalue weighted by Crippen LogP contribution is -2.26. The van der Waals surface area contributed by atoms with Crippen molar-refractivity contribution < 1.29 is 19.0 Å². The lowest BCUT2D eigenvalue weighted by molar-refractivity contribution is -0.117. The van der Waals surface area contributed by atoms with Crippen LogP contribution in [0.3, 0.4) is 0 Å². The molecule has 1 aromatic rings. The third-order valence-electron chi connectivity index (χ3n) is 3.02. The minimum atomic E-state index is -0.460. The summed E-state index contributed by atoms with van der Waals surface area (Å²) in [6.07, 6.45) is 2.11. The summed E-state index contributed by atoms with van der Waals surface area (Å²) in [4.78, 5) is 12.0. The number of halogens is 1. The molecule has 0 aromatic heterocycles. The van der Waals surface area contributed by atoms with Crippen molar-refractivity contribution in [1.82, 2.24) is 5.32 Å². The van der Waals surface area contributed by atoms with Gasteiger partial charge in [-0.05, 0) is 46.1 Å². The minimum Gasteiger partial charge on any atom is -0.493 e. The predicted molar refractivity (Wildman–Crippen MR) is 94.9 cm³/mol. The second kappa shape index (κ2) is 11.1. The van der Waals surface area contributed by atoms with Crippen molar-refractivity contribution in [3.8, 4) is 23.6 Å². The molecule has 0 aliphatic rings. The average molecular weight is 408 g/mol. The van der Waals surface area contributed by atoms with E-state index in [1.807, 2.05) is 12.1 Å².